The molecule has 8 nitrogen and oxygen atoms in total. The Morgan fingerprint density at radius 3 is 2.63 bits per heavy atom. The Hall–Kier alpha value is -2.87. The van der Waals surface area contributed by atoms with Crippen molar-refractivity contribution in [3.8, 4) is 5.75 Å². The van der Waals surface area contributed by atoms with Crippen LogP contribution in [-0.2, 0) is 11.2 Å². The standard InChI is InChI=1S/C22H31N5O3/c1-15-6-4-7-19(16(15)2)30-13-5-8-26-9-11-27(12-10-26)20(28)14-18-17(3)24-22(23)25-21(18)29/h4,6-7H,5,8-14H2,1-3H3,(H3,23,24,25,29). The van der Waals surface area contributed by atoms with Gasteiger partial charge in [-0.25, -0.2) is 4.98 Å². The minimum atomic E-state index is -0.337. The average molecular weight is 414 g/mol. The summed E-state index contributed by atoms with van der Waals surface area (Å²) in [6, 6.07) is 6.12. The van der Waals surface area contributed by atoms with Crippen LogP contribution in [0.15, 0.2) is 23.0 Å². The highest BCUT2D eigenvalue weighted by atomic mass is 16.5. The number of nitrogen functional groups attached to an aromatic ring is 1. The maximum absolute atomic E-state index is 12.6. The zero-order chi connectivity index (χ0) is 21.7. The van der Waals surface area contributed by atoms with E-state index in [0.717, 1.165) is 31.8 Å². The Labute approximate surface area is 177 Å². The molecule has 0 aliphatic carbocycles. The van der Waals surface area contributed by atoms with Gasteiger partial charge in [0.25, 0.3) is 5.56 Å². The van der Waals surface area contributed by atoms with Crippen LogP contribution in [0.4, 0.5) is 5.95 Å². The third-order valence-electron chi connectivity index (χ3n) is 5.72. The van der Waals surface area contributed by atoms with Crippen molar-refractivity contribution in [2.75, 3.05) is 45.1 Å². The second kappa shape index (κ2) is 9.75. The Morgan fingerprint density at radius 2 is 1.93 bits per heavy atom. The van der Waals surface area contributed by atoms with E-state index in [1.54, 1.807) is 6.92 Å². The number of ether oxygens (including phenoxy) is 1. The fourth-order valence-corrected chi connectivity index (χ4v) is 3.68. The highest BCUT2D eigenvalue weighted by molar-refractivity contribution is 5.79. The van der Waals surface area contributed by atoms with Crippen molar-refractivity contribution < 1.29 is 9.53 Å². The quantitative estimate of drug-likeness (QED) is 0.666. The molecule has 2 heterocycles. The van der Waals surface area contributed by atoms with Crippen LogP contribution in [0.25, 0.3) is 0 Å². The first kappa shape index (κ1) is 21.8. The molecule has 0 unspecified atom stereocenters. The second-order valence-electron chi connectivity index (χ2n) is 7.81. The molecule has 0 radical (unpaired) electrons. The van der Waals surface area contributed by atoms with Crippen molar-refractivity contribution >= 4 is 11.9 Å². The molecule has 0 spiro atoms. The van der Waals surface area contributed by atoms with Crippen molar-refractivity contribution in [1.29, 1.82) is 0 Å². The number of carbonyl (C=O) groups is 1. The Bertz CT molecular complexity index is 948. The number of rotatable bonds is 7. The van der Waals surface area contributed by atoms with Crippen LogP contribution >= 0.6 is 0 Å². The molecular formula is C22H31N5O3. The van der Waals surface area contributed by atoms with E-state index in [1.165, 1.54) is 11.1 Å². The van der Waals surface area contributed by atoms with Crippen molar-refractivity contribution in [3.63, 3.8) is 0 Å². The number of aromatic amines is 1. The normalized spacial score (nSPS) is 14.7. The lowest BCUT2D eigenvalue weighted by molar-refractivity contribution is -0.132. The largest absolute Gasteiger partial charge is 0.493 e. The summed E-state index contributed by atoms with van der Waals surface area (Å²) in [4.78, 5) is 35.3. The highest BCUT2D eigenvalue weighted by Crippen LogP contribution is 2.20. The summed E-state index contributed by atoms with van der Waals surface area (Å²) in [7, 11) is 0. The smallest absolute Gasteiger partial charge is 0.256 e. The van der Waals surface area contributed by atoms with E-state index in [-0.39, 0.29) is 23.8 Å². The number of amides is 1. The van der Waals surface area contributed by atoms with Crippen molar-refractivity contribution in [3.05, 3.63) is 50.9 Å². The summed E-state index contributed by atoms with van der Waals surface area (Å²) in [6.07, 6.45) is 0.991. The number of benzene rings is 1. The van der Waals surface area contributed by atoms with Gasteiger partial charge in [-0.1, -0.05) is 12.1 Å². The number of nitrogens with one attached hydrogen (secondary N) is 1. The molecule has 1 aliphatic heterocycles. The summed E-state index contributed by atoms with van der Waals surface area (Å²) >= 11 is 0. The molecular weight excluding hydrogens is 382 g/mol. The molecule has 1 amide bonds. The van der Waals surface area contributed by atoms with Crippen LogP contribution in [0.5, 0.6) is 5.75 Å². The number of nitrogens with two attached hydrogens (primary N) is 1. The number of piperazine rings is 1. The van der Waals surface area contributed by atoms with Gasteiger partial charge in [-0.15, -0.1) is 0 Å². The van der Waals surface area contributed by atoms with Crippen LogP contribution in [0.1, 0.15) is 28.8 Å². The van der Waals surface area contributed by atoms with Gasteiger partial charge in [0.1, 0.15) is 5.75 Å². The maximum Gasteiger partial charge on any atom is 0.256 e. The average Bonchev–Trinajstić information content (AvgIpc) is 2.71. The number of anilines is 1. The number of hydrogen-bond acceptors (Lipinski definition) is 6. The molecule has 0 saturated carbocycles. The van der Waals surface area contributed by atoms with E-state index in [0.29, 0.717) is 31.0 Å². The van der Waals surface area contributed by atoms with Gasteiger partial charge in [0.05, 0.1) is 18.7 Å². The lowest BCUT2D eigenvalue weighted by atomic mass is 10.1. The van der Waals surface area contributed by atoms with E-state index in [1.807, 2.05) is 17.0 Å². The molecule has 8 heteroatoms. The number of aryl methyl sites for hydroxylation is 2. The van der Waals surface area contributed by atoms with Gasteiger partial charge in [-0.3, -0.25) is 19.5 Å². The summed E-state index contributed by atoms with van der Waals surface area (Å²) in [5.41, 5.74) is 8.52. The number of nitrogens with zero attached hydrogens (tertiary/aromatic N) is 3. The number of aromatic nitrogens is 2. The van der Waals surface area contributed by atoms with Gasteiger partial charge in [-0.05, 0) is 44.4 Å². The van der Waals surface area contributed by atoms with Crippen molar-refractivity contribution in [2.24, 2.45) is 0 Å². The lowest BCUT2D eigenvalue weighted by Crippen LogP contribution is -2.49. The molecule has 162 valence electrons. The maximum atomic E-state index is 12.6. The van der Waals surface area contributed by atoms with Crippen LogP contribution in [0, 0.1) is 20.8 Å². The molecule has 0 atom stereocenters. The summed E-state index contributed by atoms with van der Waals surface area (Å²) in [5.74, 6) is 0.977. The van der Waals surface area contributed by atoms with Crippen LogP contribution < -0.4 is 16.0 Å². The van der Waals surface area contributed by atoms with Gasteiger partial charge in [0.2, 0.25) is 11.9 Å². The van der Waals surface area contributed by atoms with Crippen LogP contribution in [-0.4, -0.2) is 65.0 Å². The zero-order valence-electron chi connectivity index (χ0n) is 18.0. The first-order valence-electron chi connectivity index (χ1n) is 10.4. The monoisotopic (exact) mass is 413 g/mol. The van der Waals surface area contributed by atoms with Crippen molar-refractivity contribution in [1.82, 2.24) is 19.8 Å². The van der Waals surface area contributed by atoms with Gasteiger partial charge < -0.3 is 15.4 Å². The molecule has 3 N–H and O–H groups in total. The van der Waals surface area contributed by atoms with Crippen LogP contribution in [0.3, 0.4) is 0 Å². The van der Waals surface area contributed by atoms with Gasteiger partial charge in [0, 0.05) is 38.3 Å². The minimum Gasteiger partial charge on any atom is -0.493 e. The second-order valence-corrected chi connectivity index (χ2v) is 7.81. The molecule has 1 fully saturated rings. The van der Waals surface area contributed by atoms with E-state index in [4.69, 9.17) is 10.5 Å². The summed E-state index contributed by atoms with van der Waals surface area (Å²) in [6.45, 7) is 10.5. The van der Waals surface area contributed by atoms with E-state index in [2.05, 4.69) is 34.8 Å². The van der Waals surface area contributed by atoms with E-state index in [9.17, 15) is 9.59 Å². The fraction of sp³-hybridized carbons (Fsp3) is 0.500. The lowest BCUT2D eigenvalue weighted by Gasteiger charge is -2.34. The summed E-state index contributed by atoms with van der Waals surface area (Å²) < 4.78 is 5.93. The topological polar surface area (TPSA) is 105 Å². The highest BCUT2D eigenvalue weighted by Gasteiger charge is 2.22. The first-order chi connectivity index (χ1) is 14.3. The van der Waals surface area contributed by atoms with Crippen LogP contribution in [0.2, 0.25) is 0 Å². The molecule has 30 heavy (non-hydrogen) atoms. The molecule has 3 rings (SSSR count). The SMILES string of the molecule is Cc1cccc(OCCCN2CCN(C(=O)Cc3c(C)nc(N)[nH]c3=O)CC2)c1C. The number of H-pyrrole nitrogens is 1. The third kappa shape index (κ3) is 5.38. The molecule has 2 aromatic rings. The first-order valence-corrected chi connectivity index (χ1v) is 10.4. The van der Waals surface area contributed by atoms with E-state index < -0.39 is 0 Å². The molecule has 1 saturated heterocycles. The fourth-order valence-electron chi connectivity index (χ4n) is 3.68. The molecule has 1 aromatic carbocycles. The number of hydrogen-bond donors (Lipinski definition) is 2. The summed E-state index contributed by atoms with van der Waals surface area (Å²) in [5, 5.41) is 0. The predicted octanol–water partition coefficient (Wildman–Crippen LogP) is 1.43. The Morgan fingerprint density at radius 1 is 1.20 bits per heavy atom. The van der Waals surface area contributed by atoms with Crippen molar-refractivity contribution in [2.45, 2.75) is 33.6 Å². The zero-order valence-corrected chi connectivity index (χ0v) is 18.0. The molecule has 1 aromatic heterocycles. The molecule has 1 aliphatic rings. The van der Waals surface area contributed by atoms with Gasteiger partial charge >= 0.3 is 0 Å². The Balaban J connectivity index is 1.41. The Kier molecular flexibility index (Phi) is 7.10. The molecule has 0 bridgehead atoms. The van der Waals surface area contributed by atoms with Gasteiger partial charge in [0.15, 0.2) is 0 Å². The minimum absolute atomic E-state index is 0.0481. The van der Waals surface area contributed by atoms with Gasteiger partial charge in [-0.2, -0.15) is 0 Å². The predicted molar refractivity (Wildman–Crippen MR) is 117 cm³/mol. The van der Waals surface area contributed by atoms with E-state index >= 15 is 0 Å². The third-order valence-corrected chi connectivity index (χ3v) is 5.72. The number of carbonyl (C=O) groups excluding carboxylic acids is 1.